The second-order valence-electron chi connectivity index (χ2n) is 10.8. The predicted octanol–water partition coefficient (Wildman–Crippen LogP) is 7.45. The minimum atomic E-state index is -0.947. The zero-order chi connectivity index (χ0) is 30.7. The van der Waals surface area contributed by atoms with Gasteiger partial charge in [-0.05, 0) is 92.8 Å². The van der Waals surface area contributed by atoms with Crippen LogP contribution in [0.2, 0.25) is 0 Å². The van der Waals surface area contributed by atoms with Crippen molar-refractivity contribution in [3.05, 3.63) is 82.9 Å². The summed E-state index contributed by atoms with van der Waals surface area (Å²) in [7, 11) is 0. The number of thiazole rings is 1. The molecule has 4 aromatic rings. The first-order chi connectivity index (χ1) is 20.7. The normalized spacial score (nSPS) is 16.3. The molecule has 0 saturated carbocycles. The second-order valence-corrected chi connectivity index (χ2v) is 11.8. The molecule has 1 aliphatic rings. The molecule has 0 bridgehead atoms. The standard InChI is InChI=1S/C34H36N2O6S/c1-6-40-24-12-9-22(10-13-24)31(37)29-30(23-11-15-26(27(19-23)41-7-2)42-17-16-20(3)4)36(33(39)32(29)38)34-35-25-14-8-21(5)18-28(25)43-34/h8-15,18-20,30,37H,6-7,16-17H2,1-5H3/b31-29+. The molecule has 3 aromatic carbocycles. The molecule has 1 fully saturated rings. The van der Waals surface area contributed by atoms with Crippen molar-refractivity contribution in [1.82, 2.24) is 4.98 Å². The highest BCUT2D eigenvalue weighted by atomic mass is 32.1. The monoisotopic (exact) mass is 600 g/mol. The maximum absolute atomic E-state index is 13.7. The number of hydrogen-bond donors (Lipinski definition) is 1. The molecular weight excluding hydrogens is 564 g/mol. The number of carbonyl (C=O) groups is 2. The summed E-state index contributed by atoms with van der Waals surface area (Å²) in [5.74, 6) is 0.358. The number of ketones is 1. The van der Waals surface area contributed by atoms with Gasteiger partial charge in [-0.2, -0.15) is 0 Å². The van der Waals surface area contributed by atoms with Gasteiger partial charge in [-0.3, -0.25) is 14.5 Å². The Bertz CT molecular complexity index is 1670. The molecule has 1 saturated heterocycles. The van der Waals surface area contributed by atoms with Crippen LogP contribution in [-0.4, -0.2) is 41.6 Å². The third-order valence-electron chi connectivity index (χ3n) is 7.16. The van der Waals surface area contributed by atoms with Crippen LogP contribution in [0.1, 0.15) is 56.8 Å². The molecule has 2 heterocycles. The molecule has 1 aromatic heterocycles. The Balaban J connectivity index is 1.65. The van der Waals surface area contributed by atoms with Crippen molar-refractivity contribution < 1.29 is 28.9 Å². The number of hydrogen-bond acceptors (Lipinski definition) is 8. The largest absolute Gasteiger partial charge is 0.507 e. The highest BCUT2D eigenvalue weighted by molar-refractivity contribution is 7.22. The number of ether oxygens (including phenoxy) is 3. The fourth-order valence-corrected chi connectivity index (χ4v) is 6.08. The van der Waals surface area contributed by atoms with Crippen LogP contribution in [0.15, 0.2) is 66.2 Å². The van der Waals surface area contributed by atoms with Crippen molar-refractivity contribution in [2.75, 3.05) is 24.7 Å². The van der Waals surface area contributed by atoms with Gasteiger partial charge in [-0.25, -0.2) is 4.98 Å². The third kappa shape index (κ3) is 6.22. The molecule has 9 heteroatoms. The van der Waals surface area contributed by atoms with E-state index in [-0.39, 0.29) is 11.3 Å². The zero-order valence-corrected chi connectivity index (χ0v) is 25.9. The minimum Gasteiger partial charge on any atom is -0.507 e. The molecule has 1 amide bonds. The molecule has 5 rings (SSSR count). The van der Waals surface area contributed by atoms with E-state index >= 15 is 0 Å². The van der Waals surface area contributed by atoms with Crippen molar-refractivity contribution in [2.24, 2.45) is 5.92 Å². The first-order valence-electron chi connectivity index (χ1n) is 14.5. The summed E-state index contributed by atoms with van der Waals surface area (Å²) in [5, 5.41) is 11.9. The molecule has 1 atom stereocenters. The van der Waals surface area contributed by atoms with Gasteiger partial charge in [-0.1, -0.05) is 37.3 Å². The van der Waals surface area contributed by atoms with Crippen molar-refractivity contribution in [3.63, 3.8) is 0 Å². The maximum Gasteiger partial charge on any atom is 0.301 e. The lowest BCUT2D eigenvalue weighted by Crippen LogP contribution is -2.29. The Hall–Kier alpha value is -4.37. The first kappa shape index (κ1) is 30.1. The number of carbonyl (C=O) groups excluding carboxylic acids is 2. The van der Waals surface area contributed by atoms with Gasteiger partial charge in [0.25, 0.3) is 5.78 Å². The molecule has 0 aliphatic carbocycles. The molecule has 1 unspecified atom stereocenters. The van der Waals surface area contributed by atoms with E-state index in [2.05, 4.69) is 13.8 Å². The van der Waals surface area contributed by atoms with Gasteiger partial charge in [0.1, 0.15) is 11.5 Å². The number of anilines is 1. The summed E-state index contributed by atoms with van der Waals surface area (Å²) in [6, 6.07) is 17.1. The van der Waals surface area contributed by atoms with Crippen LogP contribution >= 0.6 is 11.3 Å². The number of Topliss-reactive ketones (excluding diaryl/α,β-unsaturated/α-hetero) is 1. The molecule has 0 spiro atoms. The van der Waals surface area contributed by atoms with E-state index in [1.54, 1.807) is 42.5 Å². The number of aryl methyl sites for hydroxylation is 1. The number of fused-ring (bicyclic) bond motifs is 1. The van der Waals surface area contributed by atoms with Crippen molar-refractivity contribution in [2.45, 2.75) is 47.1 Å². The first-order valence-corrected chi connectivity index (χ1v) is 15.3. The van der Waals surface area contributed by atoms with Gasteiger partial charge >= 0.3 is 5.91 Å². The van der Waals surface area contributed by atoms with Crippen molar-refractivity contribution in [3.8, 4) is 17.2 Å². The van der Waals surface area contributed by atoms with E-state index < -0.39 is 17.7 Å². The number of rotatable bonds is 11. The van der Waals surface area contributed by atoms with Gasteiger partial charge in [0.05, 0.1) is 41.7 Å². The number of aromatic nitrogens is 1. The summed E-state index contributed by atoms with van der Waals surface area (Å²) in [4.78, 5) is 33.5. The van der Waals surface area contributed by atoms with E-state index in [4.69, 9.17) is 19.2 Å². The van der Waals surface area contributed by atoms with Crippen LogP contribution in [-0.2, 0) is 9.59 Å². The maximum atomic E-state index is 13.7. The quantitative estimate of drug-likeness (QED) is 0.108. The molecular formula is C34H36N2O6S. The van der Waals surface area contributed by atoms with E-state index in [0.29, 0.717) is 59.2 Å². The SMILES string of the molecule is CCOc1ccc(/C(O)=C2\C(=O)C(=O)N(c3nc4ccc(C)cc4s3)C2c2ccc(OCCC(C)C)c(OCC)c2)cc1. The van der Waals surface area contributed by atoms with Crippen LogP contribution in [0.5, 0.6) is 17.2 Å². The highest BCUT2D eigenvalue weighted by Gasteiger charge is 2.48. The average molecular weight is 601 g/mol. The summed E-state index contributed by atoms with van der Waals surface area (Å²) in [6.07, 6.45) is 0.882. The van der Waals surface area contributed by atoms with Crippen LogP contribution in [0.3, 0.4) is 0 Å². The van der Waals surface area contributed by atoms with Gasteiger partial charge in [0.15, 0.2) is 16.6 Å². The molecule has 43 heavy (non-hydrogen) atoms. The van der Waals surface area contributed by atoms with E-state index in [1.165, 1.54) is 16.2 Å². The fraction of sp³-hybridized carbons (Fsp3) is 0.324. The molecule has 1 aliphatic heterocycles. The lowest BCUT2D eigenvalue weighted by Gasteiger charge is -2.24. The van der Waals surface area contributed by atoms with Gasteiger partial charge in [0.2, 0.25) is 0 Å². The summed E-state index contributed by atoms with van der Waals surface area (Å²) < 4.78 is 18.4. The summed E-state index contributed by atoms with van der Waals surface area (Å²) in [5.41, 5.74) is 2.74. The Kier molecular flexibility index (Phi) is 9.01. The predicted molar refractivity (Wildman–Crippen MR) is 169 cm³/mol. The number of aliphatic hydroxyl groups is 1. The van der Waals surface area contributed by atoms with Crippen LogP contribution in [0, 0.1) is 12.8 Å². The minimum absolute atomic E-state index is 0.0273. The Morgan fingerprint density at radius 2 is 1.70 bits per heavy atom. The Morgan fingerprint density at radius 1 is 0.953 bits per heavy atom. The third-order valence-corrected chi connectivity index (χ3v) is 8.18. The Morgan fingerprint density at radius 3 is 2.40 bits per heavy atom. The van der Waals surface area contributed by atoms with Crippen molar-refractivity contribution >= 4 is 44.1 Å². The number of aliphatic hydroxyl groups excluding tert-OH is 1. The van der Waals surface area contributed by atoms with Gasteiger partial charge in [0, 0.05) is 5.56 Å². The van der Waals surface area contributed by atoms with Gasteiger partial charge < -0.3 is 19.3 Å². The van der Waals surface area contributed by atoms with Crippen molar-refractivity contribution in [1.29, 1.82) is 0 Å². The van der Waals surface area contributed by atoms with E-state index in [9.17, 15) is 14.7 Å². The average Bonchev–Trinajstić information content (AvgIpc) is 3.51. The molecule has 1 N–H and O–H groups in total. The number of nitrogens with zero attached hydrogens (tertiary/aromatic N) is 2. The second kappa shape index (κ2) is 12.9. The highest BCUT2D eigenvalue weighted by Crippen LogP contribution is 2.46. The lowest BCUT2D eigenvalue weighted by molar-refractivity contribution is -0.132. The molecule has 224 valence electrons. The van der Waals surface area contributed by atoms with E-state index in [0.717, 1.165) is 22.2 Å². The summed E-state index contributed by atoms with van der Waals surface area (Å²) in [6.45, 7) is 11.4. The smallest absolute Gasteiger partial charge is 0.301 e. The lowest BCUT2D eigenvalue weighted by atomic mass is 9.95. The van der Waals surface area contributed by atoms with Crippen LogP contribution in [0.25, 0.3) is 16.0 Å². The zero-order valence-electron chi connectivity index (χ0n) is 25.0. The van der Waals surface area contributed by atoms with Gasteiger partial charge in [-0.15, -0.1) is 0 Å². The molecule has 8 nitrogen and oxygen atoms in total. The van der Waals surface area contributed by atoms with Crippen LogP contribution in [0.4, 0.5) is 5.13 Å². The Labute approximate surface area is 255 Å². The number of benzene rings is 3. The topological polar surface area (TPSA) is 98.2 Å². The molecule has 0 radical (unpaired) electrons. The van der Waals surface area contributed by atoms with E-state index in [1.807, 2.05) is 39.0 Å². The summed E-state index contributed by atoms with van der Waals surface area (Å²) >= 11 is 1.33. The number of amides is 1. The fourth-order valence-electron chi connectivity index (χ4n) is 4.99. The van der Waals surface area contributed by atoms with Crippen LogP contribution < -0.4 is 19.1 Å².